The summed E-state index contributed by atoms with van der Waals surface area (Å²) in [6.45, 7) is 2.14. The number of hydrogen-bond acceptors (Lipinski definition) is 3. The summed E-state index contributed by atoms with van der Waals surface area (Å²) in [6, 6.07) is 9.09. The Morgan fingerprint density at radius 2 is 2.10 bits per heavy atom. The van der Waals surface area contributed by atoms with E-state index < -0.39 is 0 Å². The molecule has 2 rings (SSSR count). The molecule has 114 valence electrons. The lowest BCUT2D eigenvalue weighted by molar-refractivity contribution is -0.133. The number of nitrogens with one attached hydrogen (secondary N) is 1. The van der Waals surface area contributed by atoms with Crippen molar-refractivity contribution in [2.75, 3.05) is 13.2 Å². The summed E-state index contributed by atoms with van der Waals surface area (Å²) in [4.78, 5) is 25.6. The Labute approximate surface area is 125 Å². The van der Waals surface area contributed by atoms with Crippen molar-refractivity contribution in [1.82, 2.24) is 10.2 Å². The molecule has 0 aliphatic carbocycles. The van der Waals surface area contributed by atoms with Gasteiger partial charge in [0.05, 0.1) is 25.1 Å². The molecule has 1 heterocycles. The summed E-state index contributed by atoms with van der Waals surface area (Å²) in [6.07, 6.45) is 1.99. The summed E-state index contributed by atoms with van der Waals surface area (Å²) in [5.74, 6) is -0.175. The molecule has 1 unspecified atom stereocenters. The van der Waals surface area contributed by atoms with Crippen molar-refractivity contribution in [1.29, 1.82) is 0 Å². The lowest BCUT2D eigenvalue weighted by Gasteiger charge is -2.26. The van der Waals surface area contributed by atoms with Crippen LogP contribution in [-0.2, 0) is 9.59 Å². The van der Waals surface area contributed by atoms with Crippen LogP contribution in [0.4, 0.5) is 0 Å². The molecule has 2 amide bonds. The second-order valence-electron chi connectivity index (χ2n) is 5.43. The minimum atomic E-state index is -0.323. The first-order valence-corrected chi connectivity index (χ1v) is 7.34. The van der Waals surface area contributed by atoms with Gasteiger partial charge in [0, 0.05) is 13.5 Å². The van der Waals surface area contributed by atoms with Crippen LogP contribution in [0.2, 0.25) is 0 Å². The molecular weight excluding hydrogens is 268 g/mol. The summed E-state index contributed by atoms with van der Waals surface area (Å²) in [5, 5.41) is 12.2. The second kappa shape index (κ2) is 7.22. The molecule has 1 aromatic carbocycles. The average molecular weight is 290 g/mol. The quantitative estimate of drug-likeness (QED) is 0.857. The van der Waals surface area contributed by atoms with E-state index in [9.17, 15) is 14.7 Å². The third-order valence-electron chi connectivity index (χ3n) is 3.87. The van der Waals surface area contributed by atoms with Gasteiger partial charge in [-0.05, 0) is 18.4 Å². The van der Waals surface area contributed by atoms with Crippen molar-refractivity contribution >= 4 is 11.8 Å². The maximum atomic E-state index is 12.4. The van der Waals surface area contributed by atoms with Crippen molar-refractivity contribution in [2.45, 2.75) is 38.3 Å². The number of aliphatic hydroxyl groups excluding tert-OH is 1. The van der Waals surface area contributed by atoms with E-state index in [0.717, 1.165) is 18.4 Å². The summed E-state index contributed by atoms with van der Waals surface area (Å²) in [7, 11) is 0. The highest BCUT2D eigenvalue weighted by Gasteiger charge is 2.29. The highest BCUT2D eigenvalue weighted by molar-refractivity contribution is 5.79. The van der Waals surface area contributed by atoms with Crippen molar-refractivity contribution < 1.29 is 14.7 Å². The van der Waals surface area contributed by atoms with E-state index in [1.54, 1.807) is 4.90 Å². The number of carbonyl (C=O) groups is 2. The van der Waals surface area contributed by atoms with Gasteiger partial charge in [-0.1, -0.05) is 30.3 Å². The molecule has 0 aromatic heterocycles. The van der Waals surface area contributed by atoms with Crippen LogP contribution in [0.3, 0.4) is 0 Å². The molecule has 5 heteroatoms. The Kier molecular flexibility index (Phi) is 5.33. The minimum Gasteiger partial charge on any atom is -0.394 e. The molecule has 0 radical (unpaired) electrons. The fourth-order valence-electron chi connectivity index (χ4n) is 2.83. The van der Waals surface area contributed by atoms with Crippen LogP contribution in [0, 0.1) is 0 Å². The Morgan fingerprint density at radius 3 is 2.71 bits per heavy atom. The van der Waals surface area contributed by atoms with E-state index >= 15 is 0 Å². The molecule has 1 aliphatic heterocycles. The van der Waals surface area contributed by atoms with Crippen molar-refractivity contribution in [3.05, 3.63) is 35.9 Å². The SMILES string of the molecule is CC(=O)NC(CC(=O)N1CCC[C@@H]1CO)c1ccccc1. The molecule has 0 bridgehead atoms. The zero-order valence-electron chi connectivity index (χ0n) is 12.3. The fraction of sp³-hybridized carbons (Fsp3) is 0.500. The van der Waals surface area contributed by atoms with Crippen molar-refractivity contribution in [2.24, 2.45) is 0 Å². The van der Waals surface area contributed by atoms with Crippen LogP contribution in [0.1, 0.15) is 37.8 Å². The Morgan fingerprint density at radius 1 is 1.38 bits per heavy atom. The Balaban J connectivity index is 2.08. The van der Waals surface area contributed by atoms with Gasteiger partial charge in [0.2, 0.25) is 11.8 Å². The molecule has 2 N–H and O–H groups in total. The van der Waals surface area contributed by atoms with Crippen LogP contribution in [-0.4, -0.2) is 41.0 Å². The van der Waals surface area contributed by atoms with Gasteiger partial charge in [0.1, 0.15) is 0 Å². The van der Waals surface area contributed by atoms with Gasteiger partial charge in [0.15, 0.2) is 0 Å². The normalized spacial score (nSPS) is 19.3. The third-order valence-corrected chi connectivity index (χ3v) is 3.87. The molecule has 1 aliphatic rings. The van der Waals surface area contributed by atoms with Crippen LogP contribution in [0.25, 0.3) is 0 Å². The van der Waals surface area contributed by atoms with Crippen molar-refractivity contribution in [3.8, 4) is 0 Å². The highest BCUT2D eigenvalue weighted by atomic mass is 16.3. The van der Waals surface area contributed by atoms with E-state index in [0.29, 0.717) is 6.54 Å². The predicted molar refractivity (Wildman–Crippen MR) is 79.4 cm³/mol. The average Bonchev–Trinajstić information content (AvgIpc) is 2.95. The topological polar surface area (TPSA) is 69.6 Å². The smallest absolute Gasteiger partial charge is 0.225 e. The van der Waals surface area contributed by atoms with Crippen LogP contribution in [0.5, 0.6) is 0 Å². The standard InChI is InChI=1S/C16H22N2O3/c1-12(20)17-15(13-6-3-2-4-7-13)10-16(21)18-9-5-8-14(18)11-19/h2-4,6-7,14-15,19H,5,8-11H2,1H3,(H,17,20)/t14-,15?/m1/s1. The number of aliphatic hydroxyl groups is 1. The van der Waals surface area contributed by atoms with Crippen LogP contribution in [0.15, 0.2) is 30.3 Å². The summed E-state index contributed by atoms with van der Waals surface area (Å²) >= 11 is 0. The van der Waals surface area contributed by atoms with E-state index in [1.807, 2.05) is 30.3 Å². The molecule has 0 spiro atoms. The predicted octanol–water partition coefficient (Wildman–Crippen LogP) is 1.24. The van der Waals surface area contributed by atoms with Gasteiger partial charge >= 0.3 is 0 Å². The largest absolute Gasteiger partial charge is 0.394 e. The van der Waals surface area contributed by atoms with E-state index in [1.165, 1.54) is 6.92 Å². The number of nitrogens with zero attached hydrogens (tertiary/aromatic N) is 1. The molecule has 2 atom stereocenters. The first kappa shape index (κ1) is 15.5. The maximum Gasteiger partial charge on any atom is 0.225 e. The van der Waals surface area contributed by atoms with Gasteiger partial charge < -0.3 is 15.3 Å². The first-order valence-electron chi connectivity index (χ1n) is 7.34. The van der Waals surface area contributed by atoms with Gasteiger partial charge in [-0.25, -0.2) is 0 Å². The lowest BCUT2D eigenvalue weighted by Crippen LogP contribution is -2.40. The number of rotatable bonds is 5. The molecule has 5 nitrogen and oxygen atoms in total. The fourth-order valence-corrected chi connectivity index (χ4v) is 2.83. The van der Waals surface area contributed by atoms with E-state index in [-0.39, 0.29) is 36.9 Å². The number of likely N-dealkylation sites (tertiary alicyclic amines) is 1. The Bertz CT molecular complexity index is 490. The molecule has 1 aromatic rings. The minimum absolute atomic E-state index is 0.00187. The third kappa shape index (κ3) is 4.04. The van der Waals surface area contributed by atoms with Gasteiger partial charge in [0.25, 0.3) is 0 Å². The van der Waals surface area contributed by atoms with E-state index in [2.05, 4.69) is 5.32 Å². The van der Waals surface area contributed by atoms with Crippen LogP contribution >= 0.6 is 0 Å². The van der Waals surface area contributed by atoms with Crippen LogP contribution < -0.4 is 5.32 Å². The maximum absolute atomic E-state index is 12.4. The van der Waals surface area contributed by atoms with Crippen molar-refractivity contribution in [3.63, 3.8) is 0 Å². The monoisotopic (exact) mass is 290 g/mol. The number of benzene rings is 1. The second-order valence-corrected chi connectivity index (χ2v) is 5.43. The van der Waals surface area contributed by atoms with Gasteiger partial charge in [-0.3, -0.25) is 9.59 Å². The molecule has 1 saturated heterocycles. The zero-order valence-corrected chi connectivity index (χ0v) is 12.3. The molecule has 21 heavy (non-hydrogen) atoms. The zero-order chi connectivity index (χ0) is 15.2. The highest BCUT2D eigenvalue weighted by Crippen LogP contribution is 2.22. The first-order chi connectivity index (χ1) is 10.1. The molecule has 1 fully saturated rings. The number of amides is 2. The number of hydrogen-bond donors (Lipinski definition) is 2. The van der Waals surface area contributed by atoms with Gasteiger partial charge in [-0.15, -0.1) is 0 Å². The number of carbonyl (C=O) groups excluding carboxylic acids is 2. The molecular formula is C16H22N2O3. The van der Waals surface area contributed by atoms with Gasteiger partial charge in [-0.2, -0.15) is 0 Å². The van der Waals surface area contributed by atoms with E-state index in [4.69, 9.17) is 0 Å². The summed E-state index contributed by atoms with van der Waals surface area (Å²) < 4.78 is 0. The Hall–Kier alpha value is -1.88. The lowest BCUT2D eigenvalue weighted by atomic mass is 10.0. The summed E-state index contributed by atoms with van der Waals surface area (Å²) in [5.41, 5.74) is 0.917. The molecule has 0 saturated carbocycles.